The highest BCUT2D eigenvalue weighted by molar-refractivity contribution is 7.15. The van der Waals surface area contributed by atoms with Gasteiger partial charge in [-0.15, -0.1) is 10.2 Å². The number of hydrogen-bond donors (Lipinski definition) is 0. The lowest BCUT2D eigenvalue weighted by Gasteiger charge is -2.02. The van der Waals surface area contributed by atoms with E-state index in [0.717, 1.165) is 0 Å². The molecule has 1 heterocycles. The van der Waals surface area contributed by atoms with Gasteiger partial charge >= 0.3 is 0 Å². The van der Waals surface area contributed by atoms with Gasteiger partial charge in [-0.2, -0.15) is 0 Å². The van der Waals surface area contributed by atoms with Crippen molar-refractivity contribution >= 4 is 34.5 Å². The molecule has 0 fully saturated rings. The Morgan fingerprint density at radius 1 is 1.27 bits per heavy atom. The molecule has 0 radical (unpaired) electrons. The Morgan fingerprint density at radius 3 is 2.67 bits per heavy atom. The molecular weight excluding hydrogens is 258 g/mol. The van der Waals surface area contributed by atoms with E-state index in [1.807, 2.05) is 0 Å². The van der Waals surface area contributed by atoms with Gasteiger partial charge in [-0.3, -0.25) is 0 Å². The molecule has 2 nitrogen and oxygen atoms in total. The van der Waals surface area contributed by atoms with Crippen LogP contribution in [0.4, 0.5) is 4.39 Å². The second-order valence-electron chi connectivity index (χ2n) is 2.83. The molecule has 0 N–H and O–H groups in total. The van der Waals surface area contributed by atoms with Crippen molar-refractivity contribution in [2.45, 2.75) is 6.42 Å². The first-order valence-electron chi connectivity index (χ1n) is 4.07. The molecule has 0 amide bonds. The average Bonchev–Trinajstić information content (AvgIpc) is 2.58. The van der Waals surface area contributed by atoms with Gasteiger partial charge in [-0.25, -0.2) is 4.39 Å². The molecule has 0 bridgehead atoms. The lowest BCUT2D eigenvalue weighted by molar-refractivity contribution is 0.613. The Bertz CT molecular complexity index is 466. The highest BCUT2D eigenvalue weighted by Gasteiger charge is 2.10. The van der Waals surface area contributed by atoms with Gasteiger partial charge in [0, 0.05) is 17.0 Å². The fourth-order valence-electron chi connectivity index (χ4n) is 1.16. The quantitative estimate of drug-likeness (QED) is 0.827. The predicted molar refractivity (Wildman–Crippen MR) is 59.1 cm³/mol. The van der Waals surface area contributed by atoms with Crippen LogP contribution in [0, 0.1) is 5.82 Å². The van der Waals surface area contributed by atoms with Crippen LogP contribution >= 0.6 is 34.5 Å². The van der Waals surface area contributed by atoms with Gasteiger partial charge in [-0.1, -0.05) is 29.0 Å². The maximum Gasteiger partial charge on any atom is 0.207 e. The van der Waals surface area contributed by atoms with Crippen LogP contribution in [0.3, 0.4) is 0 Å². The standard InChI is InChI=1S/C9H5Cl2FN2S/c10-6-2-1-3-7(12)5(6)4-8-13-14-9(11)15-8/h1-3H,4H2. The van der Waals surface area contributed by atoms with E-state index in [0.29, 0.717) is 26.5 Å². The van der Waals surface area contributed by atoms with E-state index >= 15 is 0 Å². The van der Waals surface area contributed by atoms with Gasteiger partial charge < -0.3 is 0 Å². The maximum atomic E-state index is 13.4. The van der Waals surface area contributed by atoms with Crippen molar-refractivity contribution in [1.82, 2.24) is 10.2 Å². The second-order valence-corrected chi connectivity index (χ2v) is 4.88. The Kier molecular flexibility index (Phi) is 3.19. The van der Waals surface area contributed by atoms with E-state index in [-0.39, 0.29) is 5.82 Å². The largest absolute Gasteiger partial charge is 0.207 e. The van der Waals surface area contributed by atoms with Crippen LogP contribution in [0.5, 0.6) is 0 Å². The Hall–Kier alpha value is -0.710. The van der Waals surface area contributed by atoms with Gasteiger partial charge in [0.25, 0.3) is 0 Å². The summed E-state index contributed by atoms with van der Waals surface area (Å²) in [5.74, 6) is -0.339. The zero-order valence-electron chi connectivity index (χ0n) is 7.38. The van der Waals surface area contributed by atoms with Crippen molar-refractivity contribution in [2.75, 3.05) is 0 Å². The number of nitrogens with zero attached hydrogens (tertiary/aromatic N) is 2. The predicted octanol–water partition coefficient (Wildman–Crippen LogP) is 3.57. The van der Waals surface area contributed by atoms with Gasteiger partial charge in [0.1, 0.15) is 10.8 Å². The van der Waals surface area contributed by atoms with E-state index in [9.17, 15) is 4.39 Å². The van der Waals surface area contributed by atoms with Crippen molar-refractivity contribution in [3.8, 4) is 0 Å². The Labute approximate surface area is 99.7 Å². The molecule has 0 aliphatic carbocycles. The van der Waals surface area contributed by atoms with E-state index in [2.05, 4.69) is 10.2 Å². The third kappa shape index (κ3) is 2.45. The molecular formula is C9H5Cl2FN2S. The third-order valence-corrected chi connectivity index (χ3v) is 3.20. The lowest BCUT2D eigenvalue weighted by atomic mass is 10.1. The summed E-state index contributed by atoms with van der Waals surface area (Å²) >= 11 is 12.7. The molecule has 2 rings (SSSR count). The molecule has 0 aliphatic rings. The minimum absolute atomic E-state index is 0.315. The van der Waals surface area contributed by atoms with Gasteiger partial charge in [-0.05, 0) is 23.7 Å². The molecule has 78 valence electrons. The van der Waals surface area contributed by atoms with Crippen molar-refractivity contribution in [2.24, 2.45) is 0 Å². The number of hydrogen-bond acceptors (Lipinski definition) is 3. The van der Waals surface area contributed by atoms with E-state index < -0.39 is 0 Å². The van der Waals surface area contributed by atoms with Crippen LogP contribution in [0.15, 0.2) is 18.2 Å². The number of benzene rings is 1. The molecule has 0 unspecified atom stereocenters. The number of halogens is 3. The van der Waals surface area contributed by atoms with E-state index in [4.69, 9.17) is 23.2 Å². The summed E-state index contributed by atoms with van der Waals surface area (Å²) in [6.45, 7) is 0. The summed E-state index contributed by atoms with van der Waals surface area (Å²) in [5, 5.41) is 8.48. The average molecular weight is 263 g/mol. The first-order chi connectivity index (χ1) is 7.16. The normalized spacial score (nSPS) is 10.6. The van der Waals surface area contributed by atoms with Crippen LogP contribution < -0.4 is 0 Å². The fraction of sp³-hybridized carbons (Fsp3) is 0.111. The SMILES string of the molecule is Fc1cccc(Cl)c1Cc1nnc(Cl)s1. The molecule has 15 heavy (non-hydrogen) atoms. The van der Waals surface area contributed by atoms with Crippen LogP contribution in [0.2, 0.25) is 9.49 Å². The van der Waals surface area contributed by atoms with Gasteiger partial charge in [0.15, 0.2) is 0 Å². The molecule has 1 aromatic heterocycles. The van der Waals surface area contributed by atoms with Gasteiger partial charge in [0.05, 0.1) is 0 Å². The first-order valence-corrected chi connectivity index (χ1v) is 5.65. The summed E-state index contributed by atoms with van der Waals surface area (Å²) in [7, 11) is 0. The molecule has 6 heteroatoms. The maximum absolute atomic E-state index is 13.4. The zero-order chi connectivity index (χ0) is 10.8. The van der Waals surface area contributed by atoms with Crippen molar-refractivity contribution < 1.29 is 4.39 Å². The smallest absolute Gasteiger partial charge is 0.207 e. The zero-order valence-corrected chi connectivity index (χ0v) is 9.70. The summed E-state index contributed by atoms with van der Waals surface area (Å²) < 4.78 is 13.7. The number of aromatic nitrogens is 2. The molecule has 0 aliphatic heterocycles. The van der Waals surface area contributed by atoms with Crippen LogP contribution in [-0.4, -0.2) is 10.2 Å². The van der Waals surface area contributed by atoms with Crippen LogP contribution in [0.1, 0.15) is 10.6 Å². The Balaban J connectivity index is 2.31. The summed E-state index contributed by atoms with van der Waals surface area (Å²) in [6.07, 6.45) is 0.315. The molecule has 0 atom stereocenters. The van der Waals surface area contributed by atoms with Crippen LogP contribution in [0.25, 0.3) is 0 Å². The monoisotopic (exact) mass is 262 g/mol. The minimum Gasteiger partial charge on any atom is -0.207 e. The van der Waals surface area contributed by atoms with Crippen molar-refractivity contribution in [1.29, 1.82) is 0 Å². The van der Waals surface area contributed by atoms with E-state index in [1.165, 1.54) is 17.4 Å². The molecule has 2 aromatic rings. The van der Waals surface area contributed by atoms with Gasteiger partial charge in [0.2, 0.25) is 4.47 Å². The summed E-state index contributed by atoms with van der Waals surface area (Å²) in [4.78, 5) is 0. The highest BCUT2D eigenvalue weighted by Crippen LogP contribution is 2.24. The number of rotatable bonds is 2. The molecule has 0 saturated heterocycles. The summed E-state index contributed by atoms with van der Waals surface area (Å²) in [6, 6.07) is 4.57. The molecule has 0 saturated carbocycles. The fourth-order valence-corrected chi connectivity index (χ4v) is 2.27. The topological polar surface area (TPSA) is 25.8 Å². The molecule has 0 spiro atoms. The minimum atomic E-state index is -0.339. The lowest BCUT2D eigenvalue weighted by Crippen LogP contribution is -1.93. The third-order valence-electron chi connectivity index (χ3n) is 1.83. The summed E-state index contributed by atoms with van der Waals surface area (Å²) in [5.41, 5.74) is 0.423. The molecule has 1 aromatic carbocycles. The van der Waals surface area contributed by atoms with E-state index in [1.54, 1.807) is 12.1 Å². The van der Waals surface area contributed by atoms with Crippen LogP contribution in [-0.2, 0) is 6.42 Å². The van der Waals surface area contributed by atoms with Crippen molar-refractivity contribution in [3.05, 3.63) is 44.1 Å². The first kappa shape index (κ1) is 10.8. The highest BCUT2D eigenvalue weighted by atomic mass is 35.5. The second kappa shape index (κ2) is 4.43. The Morgan fingerprint density at radius 2 is 2.07 bits per heavy atom. The van der Waals surface area contributed by atoms with Crippen molar-refractivity contribution in [3.63, 3.8) is 0 Å².